The molecule has 0 unspecified atom stereocenters. The molecule has 12 heteroatoms. The molecule has 196 valence electrons. The molecule has 1 saturated heterocycles. The summed E-state index contributed by atoms with van der Waals surface area (Å²) in [6, 6.07) is 13.1. The molecule has 0 aliphatic carbocycles. The number of piperidine rings is 1. The van der Waals surface area contributed by atoms with Gasteiger partial charge in [0.15, 0.2) is 0 Å². The Kier molecular flexibility index (Phi) is 7.62. The predicted molar refractivity (Wildman–Crippen MR) is 140 cm³/mol. The van der Waals surface area contributed by atoms with Crippen molar-refractivity contribution in [1.82, 2.24) is 14.3 Å². The number of carbonyl (C=O) groups excluding carboxylic acids is 1. The first-order chi connectivity index (χ1) is 17.5. The molecule has 0 bridgehead atoms. The quantitative estimate of drug-likeness (QED) is 0.463. The molecule has 2 N–H and O–H groups in total. The molecule has 1 fully saturated rings. The third-order valence-corrected chi connectivity index (χ3v) is 9.47. The molecule has 10 nitrogen and oxygen atoms in total. The van der Waals surface area contributed by atoms with Crippen LogP contribution in [0, 0.1) is 13.8 Å². The van der Waals surface area contributed by atoms with Crippen molar-refractivity contribution < 1.29 is 21.6 Å². The van der Waals surface area contributed by atoms with Crippen LogP contribution in [0.4, 0.5) is 11.6 Å². The van der Waals surface area contributed by atoms with Crippen molar-refractivity contribution in [2.75, 3.05) is 16.6 Å². The van der Waals surface area contributed by atoms with Crippen LogP contribution < -0.4 is 10.0 Å². The van der Waals surface area contributed by atoms with Gasteiger partial charge in [0.1, 0.15) is 0 Å². The van der Waals surface area contributed by atoms with E-state index in [2.05, 4.69) is 20.0 Å². The summed E-state index contributed by atoms with van der Waals surface area (Å²) in [5, 5.41) is 2.69. The van der Waals surface area contributed by atoms with E-state index in [1.807, 2.05) is 6.92 Å². The number of nitrogens with one attached hydrogen (secondary N) is 2. The number of carbonyl (C=O) groups is 1. The van der Waals surface area contributed by atoms with Gasteiger partial charge in [-0.05, 0) is 88.2 Å². The Hall–Kier alpha value is -3.35. The minimum absolute atomic E-state index is 0.0184. The number of aryl methyl sites for hydroxylation is 2. The molecular formula is C25H29N5O5S2. The Morgan fingerprint density at radius 3 is 2.08 bits per heavy atom. The first kappa shape index (κ1) is 26.7. The average molecular weight is 544 g/mol. The fourth-order valence-electron chi connectivity index (χ4n) is 4.21. The highest BCUT2D eigenvalue weighted by Gasteiger charge is 2.31. The van der Waals surface area contributed by atoms with Crippen LogP contribution in [0.1, 0.15) is 47.9 Å². The Morgan fingerprint density at radius 2 is 1.49 bits per heavy atom. The van der Waals surface area contributed by atoms with E-state index in [1.165, 1.54) is 52.8 Å². The summed E-state index contributed by atoms with van der Waals surface area (Å²) in [5.74, 6) is -0.470. The molecule has 1 aromatic heterocycles. The van der Waals surface area contributed by atoms with Crippen LogP contribution in [0.25, 0.3) is 0 Å². The van der Waals surface area contributed by atoms with Crippen molar-refractivity contribution in [3.05, 3.63) is 71.5 Å². The number of hydrogen-bond donors (Lipinski definition) is 2. The first-order valence-electron chi connectivity index (χ1n) is 11.8. The maximum Gasteiger partial charge on any atom is 0.264 e. The molecule has 37 heavy (non-hydrogen) atoms. The van der Waals surface area contributed by atoms with Crippen LogP contribution in [-0.4, -0.2) is 49.6 Å². The van der Waals surface area contributed by atoms with Gasteiger partial charge in [-0.15, -0.1) is 0 Å². The van der Waals surface area contributed by atoms with Gasteiger partial charge >= 0.3 is 0 Å². The van der Waals surface area contributed by atoms with Crippen molar-refractivity contribution in [2.45, 2.75) is 55.9 Å². The van der Waals surface area contributed by atoms with E-state index < -0.39 is 26.0 Å². The molecule has 1 aliphatic rings. The molecule has 2 aromatic carbocycles. The van der Waals surface area contributed by atoms with Crippen LogP contribution in [-0.2, 0) is 20.0 Å². The highest BCUT2D eigenvalue weighted by molar-refractivity contribution is 7.92. The zero-order chi connectivity index (χ0) is 26.8. The van der Waals surface area contributed by atoms with Crippen LogP contribution >= 0.6 is 0 Å². The van der Waals surface area contributed by atoms with E-state index in [0.29, 0.717) is 23.6 Å². The van der Waals surface area contributed by atoms with Gasteiger partial charge in [0.25, 0.3) is 15.9 Å². The van der Waals surface area contributed by atoms with Gasteiger partial charge in [-0.3, -0.25) is 4.79 Å². The molecule has 1 atom stereocenters. The van der Waals surface area contributed by atoms with Crippen LogP contribution in [0.5, 0.6) is 0 Å². The molecule has 0 spiro atoms. The molecule has 1 aliphatic heterocycles. The maximum atomic E-state index is 13.0. The lowest BCUT2D eigenvalue weighted by atomic mass is 10.1. The monoisotopic (exact) mass is 543 g/mol. The number of sulfonamides is 2. The van der Waals surface area contributed by atoms with E-state index in [9.17, 15) is 21.6 Å². The van der Waals surface area contributed by atoms with Crippen LogP contribution in [0.15, 0.2) is 64.4 Å². The standard InChI is InChI=1S/C25H29N5O5S2/c1-17-16-18(2)27-25(26-17)29-36(32,33)22-13-9-21(10-14-22)28-24(31)20-7-11-23(12-8-20)37(34,35)30-15-5-4-6-19(30)3/h7-14,16,19H,4-6,15H2,1-3H3,(H,28,31)(H,26,27,29)/t19-/m0/s1. The SMILES string of the molecule is Cc1cc(C)nc(NS(=O)(=O)c2ccc(NC(=O)c3ccc(S(=O)(=O)N4CCCC[C@@H]4C)cc3)cc2)n1. The van der Waals surface area contributed by atoms with Crippen molar-refractivity contribution in [1.29, 1.82) is 0 Å². The zero-order valence-corrected chi connectivity index (χ0v) is 22.4. The fourth-order valence-corrected chi connectivity index (χ4v) is 6.86. The number of benzene rings is 2. The van der Waals surface area contributed by atoms with Gasteiger partial charge in [0, 0.05) is 35.2 Å². The normalized spacial score (nSPS) is 16.8. The highest BCUT2D eigenvalue weighted by Crippen LogP contribution is 2.25. The van der Waals surface area contributed by atoms with Gasteiger partial charge in [0.2, 0.25) is 16.0 Å². The summed E-state index contributed by atoms with van der Waals surface area (Å²) >= 11 is 0. The van der Waals surface area contributed by atoms with E-state index in [-0.39, 0.29) is 27.3 Å². The van der Waals surface area contributed by atoms with Crippen LogP contribution in [0.3, 0.4) is 0 Å². The molecular weight excluding hydrogens is 514 g/mol. The van der Waals surface area contributed by atoms with Crippen molar-refractivity contribution in [3.8, 4) is 0 Å². The molecule has 1 amide bonds. The Balaban J connectivity index is 1.43. The highest BCUT2D eigenvalue weighted by atomic mass is 32.2. The lowest BCUT2D eigenvalue weighted by Crippen LogP contribution is -2.41. The second-order valence-corrected chi connectivity index (χ2v) is 12.6. The number of nitrogens with zero attached hydrogens (tertiary/aromatic N) is 3. The Labute approximate surface area is 217 Å². The first-order valence-corrected chi connectivity index (χ1v) is 14.8. The fraction of sp³-hybridized carbons (Fsp3) is 0.320. The van der Waals surface area contributed by atoms with Crippen molar-refractivity contribution >= 4 is 37.6 Å². The zero-order valence-electron chi connectivity index (χ0n) is 20.8. The summed E-state index contributed by atoms with van der Waals surface area (Å²) in [4.78, 5) is 21.0. The second kappa shape index (κ2) is 10.6. The molecule has 0 saturated carbocycles. The van der Waals surface area contributed by atoms with E-state index >= 15 is 0 Å². The Bertz CT molecular complexity index is 1490. The summed E-state index contributed by atoms with van der Waals surface area (Å²) in [7, 11) is -7.55. The maximum absolute atomic E-state index is 13.0. The summed E-state index contributed by atoms with van der Waals surface area (Å²) < 4.78 is 55.3. The van der Waals surface area contributed by atoms with Crippen LogP contribution in [0.2, 0.25) is 0 Å². The Morgan fingerprint density at radius 1 is 0.892 bits per heavy atom. The summed E-state index contributed by atoms with van der Waals surface area (Å²) in [6.45, 7) is 5.88. The molecule has 2 heterocycles. The topological polar surface area (TPSA) is 138 Å². The van der Waals surface area contributed by atoms with Gasteiger partial charge in [-0.1, -0.05) is 6.42 Å². The smallest absolute Gasteiger partial charge is 0.264 e. The number of amides is 1. The molecule has 0 radical (unpaired) electrons. The number of aromatic nitrogens is 2. The van der Waals surface area contributed by atoms with E-state index in [1.54, 1.807) is 19.9 Å². The molecule has 4 rings (SSSR count). The third-order valence-electron chi connectivity index (χ3n) is 6.10. The predicted octanol–water partition coefficient (Wildman–Crippen LogP) is 3.71. The van der Waals surface area contributed by atoms with Crippen molar-refractivity contribution in [3.63, 3.8) is 0 Å². The van der Waals surface area contributed by atoms with Gasteiger partial charge in [-0.2, -0.15) is 4.31 Å². The minimum Gasteiger partial charge on any atom is -0.322 e. The summed E-state index contributed by atoms with van der Waals surface area (Å²) in [5.41, 5.74) is 1.92. The van der Waals surface area contributed by atoms with Crippen molar-refractivity contribution in [2.24, 2.45) is 0 Å². The lowest BCUT2D eigenvalue weighted by molar-refractivity contribution is 0.102. The van der Waals surface area contributed by atoms with Gasteiger partial charge in [-0.25, -0.2) is 31.5 Å². The van der Waals surface area contributed by atoms with E-state index in [4.69, 9.17) is 0 Å². The minimum atomic E-state index is -3.92. The molecule has 3 aromatic rings. The number of rotatable bonds is 7. The lowest BCUT2D eigenvalue weighted by Gasteiger charge is -2.32. The average Bonchev–Trinajstić information content (AvgIpc) is 2.83. The number of anilines is 2. The van der Waals surface area contributed by atoms with Gasteiger partial charge in [0.05, 0.1) is 9.79 Å². The van der Waals surface area contributed by atoms with Gasteiger partial charge < -0.3 is 5.32 Å². The number of hydrogen-bond acceptors (Lipinski definition) is 7. The second-order valence-electron chi connectivity index (χ2n) is 9.04. The summed E-state index contributed by atoms with van der Waals surface area (Å²) in [6.07, 6.45) is 2.67. The third kappa shape index (κ3) is 6.14. The van der Waals surface area contributed by atoms with E-state index in [0.717, 1.165) is 19.3 Å². The largest absolute Gasteiger partial charge is 0.322 e.